The van der Waals surface area contributed by atoms with Crippen molar-refractivity contribution in [2.75, 3.05) is 13.2 Å². The Morgan fingerprint density at radius 2 is 1.38 bits per heavy atom. The fourth-order valence-electron chi connectivity index (χ4n) is 1.05. The molecule has 0 radical (unpaired) electrons. The number of carbonyl (C=O) groups excluding carboxylic acids is 2. The predicted octanol–water partition coefficient (Wildman–Crippen LogP) is 1.92. The summed E-state index contributed by atoms with van der Waals surface area (Å²) in [5.41, 5.74) is 1.74. The Morgan fingerprint density at radius 1 is 1.00 bits per heavy atom. The van der Waals surface area contributed by atoms with Gasteiger partial charge < -0.3 is 9.47 Å². The Morgan fingerprint density at radius 3 is 1.62 bits per heavy atom. The average Bonchev–Trinajstić information content (AvgIpc) is 2.13. The minimum atomic E-state index is -1.67. The SMILES string of the molecule is CCOC(=O)C(=C[Si](C)(C)C)C(=O)OCC. The van der Waals surface area contributed by atoms with Crippen molar-refractivity contribution in [3.8, 4) is 0 Å². The van der Waals surface area contributed by atoms with E-state index in [9.17, 15) is 9.59 Å². The lowest BCUT2D eigenvalue weighted by Crippen LogP contribution is -2.25. The van der Waals surface area contributed by atoms with E-state index in [0.717, 1.165) is 0 Å². The molecule has 0 rings (SSSR count). The van der Waals surface area contributed by atoms with Crippen molar-refractivity contribution in [3.63, 3.8) is 0 Å². The van der Waals surface area contributed by atoms with Crippen molar-refractivity contribution in [1.29, 1.82) is 0 Å². The summed E-state index contributed by atoms with van der Waals surface area (Å²) in [5, 5.41) is 0. The van der Waals surface area contributed by atoms with E-state index in [4.69, 9.17) is 9.47 Å². The van der Waals surface area contributed by atoms with Gasteiger partial charge in [0.05, 0.1) is 21.3 Å². The van der Waals surface area contributed by atoms with Gasteiger partial charge in [-0.1, -0.05) is 25.3 Å². The highest BCUT2D eigenvalue weighted by Crippen LogP contribution is 2.10. The first-order valence-electron chi connectivity index (χ1n) is 5.39. The second kappa shape index (κ2) is 6.47. The number of hydrogen-bond donors (Lipinski definition) is 0. The first-order chi connectivity index (χ1) is 7.31. The lowest BCUT2D eigenvalue weighted by atomic mass is 10.3. The molecule has 0 aliphatic carbocycles. The highest BCUT2D eigenvalue weighted by molar-refractivity contribution is 6.81. The summed E-state index contributed by atoms with van der Waals surface area (Å²) >= 11 is 0. The molecular weight excluding hydrogens is 224 g/mol. The summed E-state index contributed by atoms with van der Waals surface area (Å²) in [6, 6.07) is 0. The summed E-state index contributed by atoms with van der Waals surface area (Å²) in [5.74, 6) is -1.19. The van der Waals surface area contributed by atoms with Crippen LogP contribution in [0.25, 0.3) is 0 Å². The second-order valence-electron chi connectivity index (χ2n) is 4.36. The van der Waals surface area contributed by atoms with E-state index >= 15 is 0 Å². The molecule has 0 aliphatic rings. The molecule has 0 spiro atoms. The molecule has 0 atom stereocenters. The van der Waals surface area contributed by atoms with Crippen LogP contribution in [0.4, 0.5) is 0 Å². The summed E-state index contributed by atoms with van der Waals surface area (Å²) < 4.78 is 9.66. The number of rotatable bonds is 5. The molecule has 4 nitrogen and oxygen atoms in total. The fraction of sp³-hybridized carbons (Fsp3) is 0.636. The van der Waals surface area contributed by atoms with Gasteiger partial charge in [-0.25, -0.2) is 9.59 Å². The van der Waals surface area contributed by atoms with E-state index < -0.39 is 20.0 Å². The molecule has 0 aromatic carbocycles. The fourth-order valence-corrected chi connectivity index (χ4v) is 2.15. The van der Waals surface area contributed by atoms with Gasteiger partial charge in [0.15, 0.2) is 0 Å². The number of carbonyl (C=O) groups is 2. The van der Waals surface area contributed by atoms with Gasteiger partial charge >= 0.3 is 11.9 Å². The van der Waals surface area contributed by atoms with Crippen LogP contribution in [0.2, 0.25) is 19.6 Å². The molecule has 92 valence electrons. The van der Waals surface area contributed by atoms with Gasteiger partial charge in [0.2, 0.25) is 0 Å². The third kappa shape index (κ3) is 5.70. The Labute approximate surface area is 97.6 Å². The number of hydrogen-bond acceptors (Lipinski definition) is 4. The zero-order chi connectivity index (χ0) is 12.8. The summed E-state index contributed by atoms with van der Waals surface area (Å²) in [4.78, 5) is 23.1. The zero-order valence-electron chi connectivity index (χ0n) is 10.6. The van der Waals surface area contributed by atoms with Crippen LogP contribution in [0.3, 0.4) is 0 Å². The first kappa shape index (κ1) is 14.9. The third-order valence-corrected chi connectivity index (χ3v) is 2.72. The molecule has 0 bridgehead atoms. The first-order valence-corrected chi connectivity index (χ1v) is 8.96. The van der Waals surface area contributed by atoms with Crippen LogP contribution in [0.15, 0.2) is 11.3 Å². The monoisotopic (exact) mass is 244 g/mol. The molecule has 0 unspecified atom stereocenters. The van der Waals surface area contributed by atoms with E-state index in [2.05, 4.69) is 0 Å². The van der Waals surface area contributed by atoms with Crippen molar-refractivity contribution in [2.24, 2.45) is 0 Å². The molecule has 0 saturated heterocycles. The van der Waals surface area contributed by atoms with Gasteiger partial charge in [0.25, 0.3) is 0 Å². The van der Waals surface area contributed by atoms with E-state index in [-0.39, 0.29) is 18.8 Å². The van der Waals surface area contributed by atoms with Crippen LogP contribution in [-0.4, -0.2) is 33.2 Å². The largest absolute Gasteiger partial charge is 0.462 e. The maximum absolute atomic E-state index is 11.6. The van der Waals surface area contributed by atoms with Crippen molar-refractivity contribution in [3.05, 3.63) is 11.3 Å². The standard InChI is InChI=1S/C11H20O4Si/c1-6-14-10(12)9(8-16(3,4)5)11(13)15-7-2/h8H,6-7H2,1-5H3. The van der Waals surface area contributed by atoms with E-state index in [0.29, 0.717) is 0 Å². The smallest absolute Gasteiger partial charge is 0.344 e. The molecule has 0 fully saturated rings. The lowest BCUT2D eigenvalue weighted by Gasteiger charge is -2.13. The van der Waals surface area contributed by atoms with Gasteiger partial charge in [0, 0.05) is 0 Å². The van der Waals surface area contributed by atoms with Gasteiger partial charge in [-0.3, -0.25) is 0 Å². The van der Waals surface area contributed by atoms with Crippen LogP contribution < -0.4 is 0 Å². The van der Waals surface area contributed by atoms with E-state index in [1.807, 2.05) is 19.6 Å². The Kier molecular flexibility index (Phi) is 6.03. The minimum absolute atomic E-state index is 0.0304. The number of ether oxygens (including phenoxy) is 2. The Hall–Kier alpha value is -1.10. The maximum Gasteiger partial charge on any atom is 0.344 e. The molecule has 16 heavy (non-hydrogen) atoms. The Balaban J connectivity index is 4.98. The van der Waals surface area contributed by atoms with Crippen molar-refractivity contribution in [2.45, 2.75) is 33.5 Å². The topological polar surface area (TPSA) is 52.6 Å². The molecule has 0 aliphatic heterocycles. The molecule has 0 N–H and O–H groups in total. The molecule has 0 saturated carbocycles. The Bertz CT molecular complexity index is 269. The highest BCUT2D eigenvalue weighted by atomic mass is 28.3. The van der Waals surface area contributed by atoms with Gasteiger partial charge in [0.1, 0.15) is 5.57 Å². The van der Waals surface area contributed by atoms with Crippen LogP contribution in [-0.2, 0) is 19.1 Å². The van der Waals surface area contributed by atoms with Crippen LogP contribution >= 0.6 is 0 Å². The molecule has 0 aromatic rings. The predicted molar refractivity (Wildman–Crippen MR) is 64.7 cm³/mol. The van der Waals surface area contributed by atoms with E-state index in [1.165, 1.54) is 0 Å². The molecule has 0 amide bonds. The third-order valence-electron chi connectivity index (χ3n) is 1.57. The summed E-state index contributed by atoms with van der Waals surface area (Å²) in [6.07, 6.45) is 0. The number of esters is 2. The maximum atomic E-state index is 11.6. The van der Waals surface area contributed by atoms with Crippen LogP contribution in [0.5, 0.6) is 0 Å². The lowest BCUT2D eigenvalue weighted by molar-refractivity contribution is -0.146. The van der Waals surface area contributed by atoms with Crippen molar-refractivity contribution >= 4 is 20.0 Å². The molecule has 0 heterocycles. The van der Waals surface area contributed by atoms with Gasteiger partial charge in [-0.15, -0.1) is 0 Å². The van der Waals surface area contributed by atoms with Gasteiger partial charge in [-0.2, -0.15) is 0 Å². The second-order valence-corrected chi connectivity index (χ2v) is 9.39. The van der Waals surface area contributed by atoms with Crippen molar-refractivity contribution < 1.29 is 19.1 Å². The van der Waals surface area contributed by atoms with Crippen LogP contribution in [0, 0.1) is 0 Å². The quantitative estimate of drug-likeness (QED) is 0.244. The molecule has 5 heteroatoms. The van der Waals surface area contributed by atoms with E-state index in [1.54, 1.807) is 19.5 Å². The normalized spacial score (nSPS) is 10.6. The summed E-state index contributed by atoms with van der Waals surface area (Å²) in [7, 11) is -1.67. The van der Waals surface area contributed by atoms with Gasteiger partial charge in [-0.05, 0) is 13.8 Å². The average molecular weight is 244 g/mol. The van der Waals surface area contributed by atoms with Crippen LogP contribution in [0.1, 0.15) is 13.8 Å². The zero-order valence-corrected chi connectivity index (χ0v) is 11.6. The molecular formula is C11H20O4Si. The van der Waals surface area contributed by atoms with Crippen molar-refractivity contribution in [1.82, 2.24) is 0 Å². The highest BCUT2D eigenvalue weighted by Gasteiger charge is 2.24. The molecule has 0 aromatic heterocycles. The minimum Gasteiger partial charge on any atom is -0.462 e. The summed E-state index contributed by atoms with van der Waals surface area (Å²) in [6.45, 7) is 10.0.